The van der Waals surface area contributed by atoms with Crippen molar-refractivity contribution < 1.29 is 13.2 Å². The van der Waals surface area contributed by atoms with Crippen molar-refractivity contribution in [3.8, 4) is 0 Å². The molecule has 26 heavy (non-hydrogen) atoms. The average molecular weight is 395 g/mol. The summed E-state index contributed by atoms with van der Waals surface area (Å²) < 4.78 is 23.3. The van der Waals surface area contributed by atoms with Gasteiger partial charge in [0.2, 0.25) is 0 Å². The van der Waals surface area contributed by atoms with Gasteiger partial charge in [0.15, 0.2) is 9.84 Å². The van der Waals surface area contributed by atoms with Gasteiger partial charge in [-0.1, -0.05) is 11.6 Å². The first-order valence-electron chi connectivity index (χ1n) is 8.09. The number of aromatic nitrogens is 2. The molecule has 0 spiro atoms. The van der Waals surface area contributed by atoms with Gasteiger partial charge in [0.05, 0.1) is 11.5 Å². The van der Waals surface area contributed by atoms with Gasteiger partial charge in [-0.3, -0.25) is 4.79 Å². The summed E-state index contributed by atoms with van der Waals surface area (Å²) in [7, 11) is -1.46. The minimum absolute atomic E-state index is 0.00477. The highest BCUT2D eigenvalue weighted by molar-refractivity contribution is 7.91. The van der Waals surface area contributed by atoms with Crippen molar-refractivity contribution in [1.82, 2.24) is 14.9 Å². The zero-order chi connectivity index (χ0) is 18.9. The molecule has 2 heterocycles. The molecule has 1 aliphatic heterocycles. The van der Waals surface area contributed by atoms with E-state index in [-0.39, 0.29) is 29.1 Å². The van der Waals surface area contributed by atoms with Crippen molar-refractivity contribution in [3.05, 3.63) is 46.9 Å². The van der Waals surface area contributed by atoms with Crippen LogP contribution >= 0.6 is 11.6 Å². The zero-order valence-electron chi connectivity index (χ0n) is 14.4. The first kappa shape index (κ1) is 18.6. The van der Waals surface area contributed by atoms with Crippen LogP contribution in [0.25, 0.3) is 0 Å². The fourth-order valence-corrected chi connectivity index (χ4v) is 4.75. The summed E-state index contributed by atoms with van der Waals surface area (Å²) in [6.07, 6.45) is 0.449. The maximum Gasteiger partial charge on any atom is 0.272 e. The van der Waals surface area contributed by atoms with Gasteiger partial charge in [0.1, 0.15) is 17.3 Å². The number of amides is 1. The van der Waals surface area contributed by atoms with Crippen LogP contribution in [0.5, 0.6) is 0 Å². The smallest absolute Gasteiger partial charge is 0.272 e. The first-order chi connectivity index (χ1) is 12.2. The van der Waals surface area contributed by atoms with E-state index in [2.05, 4.69) is 15.3 Å². The lowest BCUT2D eigenvalue weighted by Gasteiger charge is -2.23. The fourth-order valence-electron chi connectivity index (χ4n) is 2.85. The van der Waals surface area contributed by atoms with Gasteiger partial charge >= 0.3 is 0 Å². The van der Waals surface area contributed by atoms with E-state index in [1.54, 1.807) is 44.3 Å². The van der Waals surface area contributed by atoms with Crippen LogP contribution in [0.15, 0.2) is 30.3 Å². The molecule has 0 aliphatic carbocycles. The van der Waals surface area contributed by atoms with Gasteiger partial charge in [-0.05, 0) is 37.6 Å². The molecule has 1 N–H and O–H groups in total. The Morgan fingerprint density at radius 3 is 2.58 bits per heavy atom. The third-order valence-corrected chi connectivity index (χ3v) is 6.25. The highest BCUT2D eigenvalue weighted by atomic mass is 35.5. The van der Waals surface area contributed by atoms with E-state index in [4.69, 9.17) is 11.6 Å². The molecule has 1 aromatic carbocycles. The molecule has 138 valence electrons. The van der Waals surface area contributed by atoms with Crippen LogP contribution in [-0.4, -0.2) is 53.8 Å². The number of carbonyl (C=O) groups is 1. The van der Waals surface area contributed by atoms with Gasteiger partial charge in [-0.15, -0.1) is 0 Å². The van der Waals surface area contributed by atoms with Crippen molar-refractivity contribution in [1.29, 1.82) is 0 Å². The number of hydrogen-bond acceptors (Lipinski definition) is 6. The van der Waals surface area contributed by atoms with Crippen molar-refractivity contribution in [2.75, 3.05) is 23.9 Å². The zero-order valence-corrected chi connectivity index (χ0v) is 16.0. The number of anilines is 2. The number of benzene rings is 1. The second-order valence-corrected chi connectivity index (χ2v) is 8.96. The predicted molar refractivity (Wildman–Crippen MR) is 101 cm³/mol. The largest absolute Gasteiger partial charge is 0.340 e. The minimum Gasteiger partial charge on any atom is -0.340 e. The average Bonchev–Trinajstić information content (AvgIpc) is 2.95. The lowest BCUT2D eigenvalue weighted by molar-refractivity contribution is 0.0741. The first-order valence-corrected chi connectivity index (χ1v) is 10.3. The Labute approximate surface area is 157 Å². The number of hydrogen-bond donors (Lipinski definition) is 1. The summed E-state index contributed by atoms with van der Waals surface area (Å²) >= 11 is 5.88. The van der Waals surface area contributed by atoms with Gasteiger partial charge < -0.3 is 10.2 Å². The molecule has 0 saturated carbocycles. The third-order valence-electron chi connectivity index (χ3n) is 4.25. The van der Waals surface area contributed by atoms with E-state index < -0.39 is 9.84 Å². The fraction of sp³-hybridized carbons (Fsp3) is 0.353. The van der Waals surface area contributed by atoms with E-state index in [0.29, 0.717) is 23.1 Å². The second kappa shape index (κ2) is 7.20. The van der Waals surface area contributed by atoms with Gasteiger partial charge in [-0.25, -0.2) is 18.4 Å². The second-order valence-electron chi connectivity index (χ2n) is 6.29. The van der Waals surface area contributed by atoms with E-state index in [0.717, 1.165) is 5.69 Å². The topological polar surface area (TPSA) is 92.3 Å². The van der Waals surface area contributed by atoms with Crippen LogP contribution < -0.4 is 5.32 Å². The molecule has 1 fully saturated rings. The van der Waals surface area contributed by atoms with E-state index in [1.807, 2.05) is 0 Å². The maximum absolute atomic E-state index is 12.7. The number of nitrogens with zero attached hydrogens (tertiary/aromatic N) is 3. The molecular weight excluding hydrogens is 376 g/mol. The van der Waals surface area contributed by atoms with Gasteiger partial charge in [0, 0.05) is 29.9 Å². The molecule has 0 bridgehead atoms. The number of carbonyl (C=O) groups excluding carboxylic acids is 1. The number of aryl methyl sites for hydroxylation is 1. The molecule has 1 amide bonds. The molecule has 2 aromatic rings. The van der Waals surface area contributed by atoms with Crippen molar-refractivity contribution in [2.24, 2.45) is 0 Å². The Morgan fingerprint density at radius 1 is 1.27 bits per heavy atom. The summed E-state index contributed by atoms with van der Waals surface area (Å²) in [5.41, 5.74) is 1.00. The van der Waals surface area contributed by atoms with E-state index in [1.165, 1.54) is 4.90 Å². The van der Waals surface area contributed by atoms with Crippen LogP contribution in [0.2, 0.25) is 5.02 Å². The summed E-state index contributed by atoms with van der Waals surface area (Å²) in [6, 6.07) is 8.34. The quantitative estimate of drug-likeness (QED) is 0.856. The standard InChI is InChI=1S/C17H19ClN4O3S/c1-11-19-15(17(23)22(2)14-7-8-26(24,25)10-14)9-16(20-11)21-13-5-3-12(18)4-6-13/h3-6,9,14H,7-8,10H2,1-2H3,(H,19,20,21). The van der Waals surface area contributed by atoms with Gasteiger partial charge in [0.25, 0.3) is 5.91 Å². The molecule has 7 nitrogen and oxygen atoms in total. The number of sulfone groups is 1. The lowest BCUT2D eigenvalue weighted by Crippen LogP contribution is -2.38. The van der Waals surface area contributed by atoms with Crippen LogP contribution in [0, 0.1) is 6.92 Å². The normalized spacial score (nSPS) is 18.5. The number of halogens is 1. The Morgan fingerprint density at radius 2 is 1.96 bits per heavy atom. The Balaban J connectivity index is 1.80. The van der Waals surface area contributed by atoms with Crippen molar-refractivity contribution >= 4 is 38.9 Å². The summed E-state index contributed by atoms with van der Waals surface area (Å²) in [4.78, 5) is 22.7. The van der Waals surface area contributed by atoms with Crippen LogP contribution in [0.1, 0.15) is 22.7 Å². The summed E-state index contributed by atoms with van der Waals surface area (Å²) in [5.74, 6) is 0.712. The highest BCUT2D eigenvalue weighted by Crippen LogP contribution is 2.21. The van der Waals surface area contributed by atoms with E-state index >= 15 is 0 Å². The molecule has 1 atom stereocenters. The van der Waals surface area contributed by atoms with Crippen LogP contribution in [-0.2, 0) is 9.84 Å². The lowest BCUT2D eigenvalue weighted by atomic mass is 10.2. The van der Waals surface area contributed by atoms with Crippen LogP contribution in [0.3, 0.4) is 0 Å². The Bertz CT molecular complexity index is 932. The summed E-state index contributed by atoms with van der Waals surface area (Å²) in [5, 5.41) is 3.74. The molecule has 0 radical (unpaired) electrons. The molecule has 9 heteroatoms. The van der Waals surface area contributed by atoms with E-state index in [9.17, 15) is 13.2 Å². The SMILES string of the molecule is Cc1nc(Nc2ccc(Cl)cc2)cc(C(=O)N(C)C2CCS(=O)(=O)C2)n1. The van der Waals surface area contributed by atoms with Crippen molar-refractivity contribution in [2.45, 2.75) is 19.4 Å². The minimum atomic E-state index is -3.07. The summed E-state index contributed by atoms with van der Waals surface area (Å²) in [6.45, 7) is 1.70. The maximum atomic E-state index is 12.7. The molecule has 1 saturated heterocycles. The third kappa shape index (κ3) is 4.31. The molecule has 1 aliphatic rings. The Hall–Kier alpha value is -2.19. The predicted octanol–water partition coefficient (Wildman–Crippen LogP) is 2.44. The van der Waals surface area contributed by atoms with Crippen LogP contribution in [0.4, 0.5) is 11.5 Å². The molecule has 1 aromatic heterocycles. The van der Waals surface area contributed by atoms with Gasteiger partial charge in [-0.2, -0.15) is 0 Å². The Kier molecular flexibility index (Phi) is 5.15. The number of rotatable bonds is 4. The highest BCUT2D eigenvalue weighted by Gasteiger charge is 2.33. The number of nitrogens with one attached hydrogen (secondary N) is 1. The monoisotopic (exact) mass is 394 g/mol. The molecule has 1 unspecified atom stereocenters. The molecular formula is C17H19ClN4O3S. The molecule has 3 rings (SSSR count). The van der Waals surface area contributed by atoms with Crippen molar-refractivity contribution in [3.63, 3.8) is 0 Å².